The first-order valence-corrected chi connectivity index (χ1v) is 9.82. The molecule has 0 heterocycles. The van der Waals surface area contributed by atoms with Crippen LogP contribution in [0.15, 0.2) is 70.5 Å². The number of nitrogens with one attached hydrogen (secondary N) is 1. The molecule has 0 saturated carbocycles. The van der Waals surface area contributed by atoms with E-state index in [4.69, 9.17) is 14.2 Å². The van der Waals surface area contributed by atoms with E-state index in [1.807, 2.05) is 24.3 Å². The van der Waals surface area contributed by atoms with Gasteiger partial charge in [-0.2, -0.15) is 0 Å². The van der Waals surface area contributed by atoms with Crippen molar-refractivity contribution in [1.82, 2.24) is 0 Å². The lowest BCUT2D eigenvalue weighted by Crippen LogP contribution is -2.13. The number of amides is 1. The molecule has 150 valence electrons. The molecule has 3 rings (SSSR count). The molecule has 3 aromatic rings. The van der Waals surface area contributed by atoms with Crippen molar-refractivity contribution in [3.05, 3.63) is 71.8 Å². The molecule has 0 bridgehead atoms. The number of carbonyl (C=O) groups excluding carboxylic acids is 1. The maximum Gasteiger partial charge on any atom is 0.255 e. The van der Waals surface area contributed by atoms with Crippen molar-refractivity contribution in [3.63, 3.8) is 0 Å². The average molecular weight is 410 g/mol. The molecule has 0 aliphatic heterocycles. The molecule has 0 aliphatic carbocycles. The summed E-state index contributed by atoms with van der Waals surface area (Å²) in [5.74, 6) is 1.04. The number of methoxy groups -OCH3 is 3. The van der Waals surface area contributed by atoms with Crippen molar-refractivity contribution in [2.45, 2.75) is 16.7 Å². The monoisotopic (exact) mass is 409 g/mol. The summed E-state index contributed by atoms with van der Waals surface area (Å²) in [7, 11) is 4.57. The van der Waals surface area contributed by atoms with Crippen LogP contribution in [-0.2, 0) is 0 Å². The Hall–Kier alpha value is -3.12. The van der Waals surface area contributed by atoms with E-state index in [2.05, 4.69) is 36.5 Å². The van der Waals surface area contributed by atoms with Gasteiger partial charge in [0.25, 0.3) is 5.91 Å². The van der Waals surface area contributed by atoms with Gasteiger partial charge in [0.2, 0.25) is 5.75 Å². The molecule has 0 unspecified atom stereocenters. The molecule has 3 aromatic carbocycles. The van der Waals surface area contributed by atoms with Gasteiger partial charge in [-0.25, -0.2) is 0 Å². The van der Waals surface area contributed by atoms with E-state index in [9.17, 15) is 4.79 Å². The van der Waals surface area contributed by atoms with E-state index in [0.29, 0.717) is 22.8 Å². The largest absolute Gasteiger partial charge is 0.493 e. The van der Waals surface area contributed by atoms with E-state index in [0.717, 1.165) is 15.5 Å². The van der Waals surface area contributed by atoms with Crippen LogP contribution in [0.2, 0.25) is 0 Å². The minimum atomic E-state index is -0.263. The van der Waals surface area contributed by atoms with Crippen LogP contribution in [0.5, 0.6) is 17.2 Å². The molecule has 5 nitrogen and oxygen atoms in total. The van der Waals surface area contributed by atoms with Crippen molar-refractivity contribution in [2.75, 3.05) is 26.6 Å². The van der Waals surface area contributed by atoms with Crippen molar-refractivity contribution in [1.29, 1.82) is 0 Å². The number of anilines is 1. The fourth-order valence-corrected chi connectivity index (χ4v) is 3.70. The third-order valence-corrected chi connectivity index (χ3v) is 5.39. The van der Waals surface area contributed by atoms with Crippen LogP contribution in [-0.4, -0.2) is 27.2 Å². The van der Waals surface area contributed by atoms with Gasteiger partial charge in [-0.1, -0.05) is 41.6 Å². The first-order chi connectivity index (χ1) is 14.0. The van der Waals surface area contributed by atoms with Gasteiger partial charge in [-0.15, -0.1) is 0 Å². The Morgan fingerprint density at radius 1 is 0.862 bits per heavy atom. The molecular weight excluding hydrogens is 386 g/mol. The van der Waals surface area contributed by atoms with Gasteiger partial charge in [0.15, 0.2) is 11.5 Å². The minimum absolute atomic E-state index is 0.263. The smallest absolute Gasteiger partial charge is 0.255 e. The third kappa shape index (κ3) is 4.84. The van der Waals surface area contributed by atoms with E-state index in [1.165, 1.54) is 26.9 Å². The van der Waals surface area contributed by atoms with Crippen LogP contribution < -0.4 is 19.5 Å². The summed E-state index contributed by atoms with van der Waals surface area (Å²) in [6, 6.07) is 19.2. The molecule has 0 radical (unpaired) electrons. The highest BCUT2D eigenvalue weighted by atomic mass is 32.2. The van der Waals surface area contributed by atoms with Gasteiger partial charge < -0.3 is 19.5 Å². The second-order valence-corrected chi connectivity index (χ2v) is 7.39. The maximum atomic E-state index is 12.9. The van der Waals surface area contributed by atoms with E-state index >= 15 is 0 Å². The predicted molar refractivity (Wildman–Crippen MR) is 116 cm³/mol. The topological polar surface area (TPSA) is 56.8 Å². The number of benzene rings is 3. The highest BCUT2D eigenvalue weighted by Gasteiger charge is 2.18. The number of para-hydroxylation sites is 1. The predicted octanol–water partition coefficient (Wildman–Crippen LogP) is 5.42. The van der Waals surface area contributed by atoms with Crippen LogP contribution in [0.1, 0.15) is 15.9 Å². The average Bonchev–Trinajstić information content (AvgIpc) is 2.75. The van der Waals surface area contributed by atoms with Gasteiger partial charge in [-0.05, 0) is 43.3 Å². The lowest BCUT2D eigenvalue weighted by molar-refractivity contribution is 0.102. The summed E-state index contributed by atoms with van der Waals surface area (Å²) in [6.07, 6.45) is 0. The molecule has 1 N–H and O–H groups in total. The normalized spacial score (nSPS) is 10.3. The number of ether oxygens (including phenoxy) is 3. The molecule has 0 aromatic heterocycles. The molecule has 0 saturated heterocycles. The van der Waals surface area contributed by atoms with Crippen LogP contribution in [0.3, 0.4) is 0 Å². The zero-order valence-corrected chi connectivity index (χ0v) is 17.6. The standard InChI is InChI=1S/C23H23NO4S/c1-15-9-11-17(12-10-15)29-21-8-6-5-7-18(21)24-23(25)16-13-19(26-2)22(28-4)20(14-16)27-3/h5-14H,1-4H3,(H,24,25). The number of rotatable bonds is 7. The molecule has 0 aliphatic rings. The Bertz CT molecular complexity index is 977. The van der Waals surface area contributed by atoms with Crippen LogP contribution in [0.25, 0.3) is 0 Å². The number of carbonyl (C=O) groups is 1. The maximum absolute atomic E-state index is 12.9. The quantitative estimate of drug-likeness (QED) is 0.564. The number of hydrogen-bond acceptors (Lipinski definition) is 5. The van der Waals surface area contributed by atoms with Crippen molar-refractivity contribution in [3.8, 4) is 17.2 Å². The van der Waals surface area contributed by atoms with Crippen molar-refractivity contribution >= 4 is 23.4 Å². The van der Waals surface area contributed by atoms with E-state index < -0.39 is 0 Å². The van der Waals surface area contributed by atoms with E-state index in [1.54, 1.807) is 23.9 Å². The lowest BCUT2D eigenvalue weighted by Gasteiger charge is -2.15. The van der Waals surface area contributed by atoms with Gasteiger partial charge in [0.05, 0.1) is 27.0 Å². The summed E-state index contributed by atoms with van der Waals surface area (Å²) in [5.41, 5.74) is 2.35. The summed E-state index contributed by atoms with van der Waals surface area (Å²) in [5, 5.41) is 2.99. The number of hydrogen-bond donors (Lipinski definition) is 1. The first-order valence-electron chi connectivity index (χ1n) is 9.00. The van der Waals surface area contributed by atoms with Crippen LogP contribution in [0.4, 0.5) is 5.69 Å². The van der Waals surface area contributed by atoms with Gasteiger partial charge in [-0.3, -0.25) is 4.79 Å². The molecule has 6 heteroatoms. The Labute approximate surface area is 175 Å². The van der Waals surface area contributed by atoms with Crippen molar-refractivity contribution < 1.29 is 19.0 Å². The van der Waals surface area contributed by atoms with Crippen LogP contribution >= 0.6 is 11.8 Å². The Morgan fingerprint density at radius 2 is 1.48 bits per heavy atom. The Kier molecular flexibility index (Phi) is 6.67. The summed E-state index contributed by atoms with van der Waals surface area (Å²) in [6.45, 7) is 2.06. The lowest BCUT2D eigenvalue weighted by atomic mass is 10.1. The van der Waals surface area contributed by atoms with E-state index in [-0.39, 0.29) is 5.91 Å². The first kappa shape index (κ1) is 20.6. The molecule has 0 fully saturated rings. The fraction of sp³-hybridized carbons (Fsp3) is 0.174. The highest BCUT2D eigenvalue weighted by Crippen LogP contribution is 2.39. The third-order valence-electron chi connectivity index (χ3n) is 4.31. The number of aryl methyl sites for hydroxylation is 1. The zero-order valence-electron chi connectivity index (χ0n) is 16.8. The highest BCUT2D eigenvalue weighted by molar-refractivity contribution is 7.99. The Balaban J connectivity index is 1.87. The van der Waals surface area contributed by atoms with Gasteiger partial charge >= 0.3 is 0 Å². The summed E-state index contributed by atoms with van der Waals surface area (Å²) in [4.78, 5) is 15.0. The molecule has 1 amide bonds. The minimum Gasteiger partial charge on any atom is -0.493 e. The molecule has 29 heavy (non-hydrogen) atoms. The molecule has 0 atom stereocenters. The van der Waals surface area contributed by atoms with Gasteiger partial charge in [0.1, 0.15) is 0 Å². The van der Waals surface area contributed by atoms with Crippen molar-refractivity contribution in [2.24, 2.45) is 0 Å². The fourth-order valence-electron chi connectivity index (χ4n) is 2.80. The van der Waals surface area contributed by atoms with Crippen LogP contribution in [0, 0.1) is 6.92 Å². The Morgan fingerprint density at radius 3 is 2.07 bits per heavy atom. The molecular formula is C23H23NO4S. The van der Waals surface area contributed by atoms with Gasteiger partial charge in [0, 0.05) is 15.4 Å². The SMILES string of the molecule is COc1cc(C(=O)Nc2ccccc2Sc2ccc(C)cc2)cc(OC)c1OC. The molecule has 0 spiro atoms. The second-order valence-electron chi connectivity index (χ2n) is 6.28. The summed E-state index contributed by atoms with van der Waals surface area (Å²) >= 11 is 1.60. The summed E-state index contributed by atoms with van der Waals surface area (Å²) < 4.78 is 16.0. The zero-order chi connectivity index (χ0) is 20.8. The second kappa shape index (κ2) is 9.39.